The van der Waals surface area contributed by atoms with E-state index in [2.05, 4.69) is 25.3 Å². The van der Waals surface area contributed by atoms with E-state index >= 15 is 0 Å². The second kappa shape index (κ2) is 6.26. The second-order valence-corrected chi connectivity index (χ2v) is 6.23. The van der Waals surface area contributed by atoms with Crippen molar-refractivity contribution in [2.24, 2.45) is 0 Å². The van der Waals surface area contributed by atoms with Gasteiger partial charge in [-0.15, -0.1) is 0 Å². The fourth-order valence-corrected chi connectivity index (χ4v) is 2.91. The smallest absolute Gasteiger partial charge is 0.280 e. The molecule has 0 spiro atoms. The summed E-state index contributed by atoms with van der Waals surface area (Å²) in [6.07, 6.45) is 3.65. The monoisotopic (exact) mass is 332 g/mol. The molecule has 1 aliphatic carbocycles. The average molecular weight is 332 g/mol. The van der Waals surface area contributed by atoms with Gasteiger partial charge in [0.15, 0.2) is 0 Å². The van der Waals surface area contributed by atoms with E-state index in [1.165, 1.54) is 6.07 Å². The molecule has 6 nitrogen and oxygen atoms in total. The van der Waals surface area contributed by atoms with E-state index in [1.807, 2.05) is 4.90 Å². The molecule has 2 aliphatic rings. The minimum atomic E-state index is -2.57. The van der Waals surface area contributed by atoms with Crippen LogP contribution >= 0.6 is 0 Å². The molecular formula is C16H18F2N6. The zero-order chi connectivity index (χ0) is 16.5. The summed E-state index contributed by atoms with van der Waals surface area (Å²) < 4.78 is 26.2. The summed E-state index contributed by atoms with van der Waals surface area (Å²) in [5, 5.41) is 3.27. The van der Waals surface area contributed by atoms with Gasteiger partial charge in [0.05, 0.1) is 0 Å². The highest BCUT2D eigenvalue weighted by atomic mass is 19.3. The third-order valence-electron chi connectivity index (χ3n) is 4.33. The van der Waals surface area contributed by atoms with Crippen LogP contribution in [0.15, 0.2) is 24.5 Å². The van der Waals surface area contributed by atoms with Gasteiger partial charge in [-0.3, -0.25) is 0 Å². The van der Waals surface area contributed by atoms with Crippen molar-refractivity contribution in [2.45, 2.75) is 37.6 Å². The Morgan fingerprint density at radius 2 is 1.92 bits per heavy atom. The topological polar surface area (TPSA) is 66.8 Å². The Hall–Kier alpha value is -2.38. The molecule has 126 valence electrons. The van der Waals surface area contributed by atoms with Crippen LogP contribution in [0.25, 0.3) is 0 Å². The van der Waals surface area contributed by atoms with Gasteiger partial charge in [0, 0.05) is 43.5 Å². The van der Waals surface area contributed by atoms with Crippen LogP contribution in [0.1, 0.15) is 43.1 Å². The van der Waals surface area contributed by atoms with E-state index in [-0.39, 0.29) is 17.7 Å². The molecule has 1 unspecified atom stereocenters. The van der Waals surface area contributed by atoms with E-state index in [9.17, 15) is 8.78 Å². The van der Waals surface area contributed by atoms with Gasteiger partial charge < -0.3 is 10.2 Å². The Kier molecular flexibility index (Phi) is 3.95. The van der Waals surface area contributed by atoms with Crippen molar-refractivity contribution >= 4 is 11.8 Å². The lowest BCUT2D eigenvalue weighted by molar-refractivity contribution is 0.145. The third kappa shape index (κ3) is 3.27. The maximum absolute atomic E-state index is 13.1. The molecule has 2 aromatic rings. The summed E-state index contributed by atoms with van der Waals surface area (Å²) in [5.41, 5.74) is -0.176. The van der Waals surface area contributed by atoms with E-state index < -0.39 is 6.43 Å². The van der Waals surface area contributed by atoms with Gasteiger partial charge in [0.1, 0.15) is 17.3 Å². The van der Waals surface area contributed by atoms with Crippen molar-refractivity contribution in [3.8, 4) is 0 Å². The zero-order valence-corrected chi connectivity index (χ0v) is 13.1. The van der Waals surface area contributed by atoms with Crippen molar-refractivity contribution in [2.75, 3.05) is 23.3 Å². The van der Waals surface area contributed by atoms with Crippen LogP contribution in [0.2, 0.25) is 0 Å². The van der Waals surface area contributed by atoms with Gasteiger partial charge in [-0.25, -0.2) is 28.7 Å². The Labute approximate surface area is 138 Å². The molecule has 0 bridgehead atoms. The quantitative estimate of drug-likeness (QED) is 0.908. The molecule has 1 N–H and O–H groups in total. The van der Waals surface area contributed by atoms with Crippen LogP contribution in [-0.4, -0.2) is 39.1 Å². The number of aromatic nitrogens is 4. The predicted molar refractivity (Wildman–Crippen MR) is 85.2 cm³/mol. The molecule has 1 aliphatic heterocycles. The van der Waals surface area contributed by atoms with E-state index in [0.717, 1.165) is 25.8 Å². The van der Waals surface area contributed by atoms with Gasteiger partial charge in [-0.05, 0) is 25.3 Å². The van der Waals surface area contributed by atoms with E-state index in [4.69, 9.17) is 0 Å². The summed E-state index contributed by atoms with van der Waals surface area (Å²) in [7, 11) is 0. The summed E-state index contributed by atoms with van der Waals surface area (Å²) in [4.78, 5) is 18.9. The average Bonchev–Trinajstić information content (AvgIpc) is 3.35. The number of rotatable bonds is 5. The lowest BCUT2D eigenvalue weighted by Gasteiger charge is -2.19. The summed E-state index contributed by atoms with van der Waals surface area (Å²) >= 11 is 0. The number of nitrogens with one attached hydrogen (secondary N) is 1. The highest BCUT2D eigenvalue weighted by Gasteiger charge is 2.30. The SMILES string of the molecule is FC(F)c1cc(N2CCC(Nc3ncccn3)C2)nc(C2CC2)n1. The van der Waals surface area contributed by atoms with E-state index in [0.29, 0.717) is 24.1 Å². The summed E-state index contributed by atoms with van der Waals surface area (Å²) in [6.45, 7) is 1.44. The molecule has 24 heavy (non-hydrogen) atoms. The normalized spacial score (nSPS) is 20.6. The largest absolute Gasteiger partial charge is 0.354 e. The van der Waals surface area contributed by atoms with Gasteiger partial charge in [0.25, 0.3) is 6.43 Å². The fourth-order valence-electron chi connectivity index (χ4n) is 2.91. The molecule has 0 amide bonds. The highest BCUT2D eigenvalue weighted by molar-refractivity contribution is 5.44. The molecule has 0 radical (unpaired) electrons. The van der Waals surface area contributed by atoms with Crippen molar-refractivity contribution in [3.05, 3.63) is 36.0 Å². The van der Waals surface area contributed by atoms with Crippen molar-refractivity contribution in [3.63, 3.8) is 0 Å². The lowest BCUT2D eigenvalue weighted by Crippen LogP contribution is -2.27. The minimum Gasteiger partial charge on any atom is -0.354 e. The molecule has 8 heteroatoms. The number of hydrogen-bond acceptors (Lipinski definition) is 6. The molecule has 3 heterocycles. The van der Waals surface area contributed by atoms with Crippen molar-refractivity contribution in [1.82, 2.24) is 19.9 Å². The first kappa shape index (κ1) is 15.2. The second-order valence-electron chi connectivity index (χ2n) is 6.23. The Morgan fingerprint density at radius 3 is 2.62 bits per heavy atom. The van der Waals surface area contributed by atoms with Crippen LogP contribution in [0, 0.1) is 0 Å². The number of halogens is 2. The van der Waals surface area contributed by atoms with Crippen molar-refractivity contribution < 1.29 is 8.78 Å². The maximum Gasteiger partial charge on any atom is 0.280 e. The van der Waals surface area contributed by atoms with Gasteiger partial charge in [-0.1, -0.05) is 0 Å². The van der Waals surface area contributed by atoms with Crippen LogP contribution in [0.3, 0.4) is 0 Å². The molecule has 1 saturated heterocycles. The first-order valence-electron chi connectivity index (χ1n) is 8.14. The number of hydrogen-bond donors (Lipinski definition) is 1. The van der Waals surface area contributed by atoms with Crippen molar-refractivity contribution in [1.29, 1.82) is 0 Å². The molecule has 1 atom stereocenters. The van der Waals surface area contributed by atoms with Crippen LogP contribution in [0.4, 0.5) is 20.5 Å². The lowest BCUT2D eigenvalue weighted by atomic mass is 10.3. The Morgan fingerprint density at radius 1 is 1.12 bits per heavy atom. The summed E-state index contributed by atoms with van der Waals surface area (Å²) in [5.74, 6) is 1.99. The number of nitrogens with zero attached hydrogens (tertiary/aromatic N) is 5. The molecule has 2 fully saturated rings. The molecule has 2 aromatic heterocycles. The zero-order valence-electron chi connectivity index (χ0n) is 13.1. The maximum atomic E-state index is 13.1. The summed E-state index contributed by atoms with van der Waals surface area (Å²) in [6, 6.07) is 3.35. The first-order valence-corrected chi connectivity index (χ1v) is 8.14. The number of alkyl halides is 2. The molecular weight excluding hydrogens is 314 g/mol. The highest BCUT2D eigenvalue weighted by Crippen LogP contribution is 2.39. The van der Waals surface area contributed by atoms with Crippen LogP contribution < -0.4 is 10.2 Å². The molecule has 0 aromatic carbocycles. The molecule has 4 rings (SSSR count). The Bertz CT molecular complexity index is 687. The third-order valence-corrected chi connectivity index (χ3v) is 4.33. The van der Waals surface area contributed by atoms with Gasteiger partial charge in [0.2, 0.25) is 5.95 Å². The Balaban J connectivity index is 1.50. The minimum absolute atomic E-state index is 0.168. The van der Waals surface area contributed by atoms with Gasteiger partial charge in [-0.2, -0.15) is 0 Å². The van der Waals surface area contributed by atoms with E-state index in [1.54, 1.807) is 18.5 Å². The van der Waals surface area contributed by atoms with Crippen LogP contribution in [0.5, 0.6) is 0 Å². The van der Waals surface area contributed by atoms with Gasteiger partial charge >= 0.3 is 0 Å². The molecule has 1 saturated carbocycles. The predicted octanol–water partition coefficient (Wildman–Crippen LogP) is 2.77. The first-order chi connectivity index (χ1) is 11.7. The fraction of sp³-hybridized carbons (Fsp3) is 0.500. The number of anilines is 2. The standard InChI is InChI=1S/C16H18F2N6/c17-14(18)12-8-13(23-15(22-12)10-2-3-10)24-7-4-11(9-24)21-16-19-5-1-6-20-16/h1,5-6,8,10-11,14H,2-4,7,9H2,(H,19,20,21). The van der Waals surface area contributed by atoms with Crippen LogP contribution in [-0.2, 0) is 0 Å².